The van der Waals surface area contributed by atoms with E-state index >= 15 is 0 Å². The van der Waals surface area contributed by atoms with Crippen molar-refractivity contribution < 1.29 is 31.9 Å². The van der Waals surface area contributed by atoms with Gasteiger partial charge in [0.2, 0.25) is 0 Å². The maximum atomic E-state index is 14.3. The van der Waals surface area contributed by atoms with Crippen molar-refractivity contribution in [2.45, 2.75) is 31.4 Å². The fraction of sp³-hybridized carbons (Fsp3) is 0.200. The van der Waals surface area contributed by atoms with Crippen LogP contribution in [0.1, 0.15) is 29.8 Å². The van der Waals surface area contributed by atoms with Crippen LogP contribution in [0.15, 0.2) is 89.8 Å². The Kier molecular flexibility index (Phi) is 8.69. The molecular formula is C30H29FN2O6S. The van der Waals surface area contributed by atoms with Crippen molar-refractivity contribution in [3.8, 4) is 16.9 Å². The molecule has 0 saturated heterocycles. The van der Waals surface area contributed by atoms with E-state index in [0.717, 1.165) is 11.8 Å². The molecule has 1 aromatic heterocycles. The zero-order valence-corrected chi connectivity index (χ0v) is 23.1. The van der Waals surface area contributed by atoms with Crippen molar-refractivity contribution in [1.29, 1.82) is 0 Å². The van der Waals surface area contributed by atoms with Crippen molar-refractivity contribution in [3.63, 3.8) is 0 Å². The van der Waals surface area contributed by atoms with Crippen LogP contribution in [0.5, 0.6) is 0 Å². The van der Waals surface area contributed by atoms with Crippen molar-refractivity contribution in [1.82, 2.24) is 9.88 Å². The van der Waals surface area contributed by atoms with E-state index in [9.17, 15) is 22.4 Å². The molecule has 10 heteroatoms. The number of nitrogens with one attached hydrogen (secondary N) is 1. The summed E-state index contributed by atoms with van der Waals surface area (Å²) < 4.78 is 50.6. The molecule has 4 aromatic rings. The van der Waals surface area contributed by atoms with Crippen LogP contribution < -0.4 is 5.32 Å². The molecule has 1 amide bonds. The van der Waals surface area contributed by atoms with Crippen molar-refractivity contribution in [2.75, 3.05) is 12.9 Å². The predicted octanol–water partition coefficient (Wildman–Crippen LogP) is 5.53. The molecule has 8 nitrogen and oxygen atoms in total. The number of halogens is 1. The fourth-order valence-corrected chi connectivity index (χ4v) is 4.95. The van der Waals surface area contributed by atoms with Gasteiger partial charge in [-0.15, -0.1) is 0 Å². The molecule has 3 aromatic carbocycles. The molecule has 0 aliphatic heterocycles. The summed E-state index contributed by atoms with van der Waals surface area (Å²) in [5, 5.41) is 2.61. The van der Waals surface area contributed by atoms with E-state index in [1.807, 2.05) is 18.2 Å². The fourth-order valence-electron chi connectivity index (χ4n) is 4.32. The van der Waals surface area contributed by atoms with Gasteiger partial charge in [0, 0.05) is 23.2 Å². The lowest BCUT2D eigenvalue weighted by Crippen LogP contribution is -2.35. The maximum Gasteiger partial charge on any atom is 0.408 e. The lowest BCUT2D eigenvalue weighted by Gasteiger charge is -2.18. The molecule has 1 N–H and O–H groups in total. The molecule has 0 fully saturated rings. The number of amides is 1. The Morgan fingerprint density at radius 3 is 2.27 bits per heavy atom. The lowest BCUT2D eigenvalue weighted by molar-refractivity contribution is -0.145. The molecular weight excluding hydrogens is 535 g/mol. The molecule has 0 bridgehead atoms. The topological polar surface area (TPSA) is 104 Å². The Hall–Kier alpha value is -4.44. The largest absolute Gasteiger partial charge is 0.464 e. The molecule has 1 atom stereocenters. The van der Waals surface area contributed by atoms with Crippen molar-refractivity contribution in [2.24, 2.45) is 0 Å². The summed E-state index contributed by atoms with van der Waals surface area (Å²) in [4.78, 5) is 26.0. The second-order valence-electron chi connectivity index (χ2n) is 9.07. The number of aromatic nitrogens is 1. The number of sulfone groups is 1. The number of nitrogens with zero attached hydrogens (tertiary/aromatic N) is 1. The average molecular weight is 565 g/mol. The Balaban J connectivity index is 1.77. The van der Waals surface area contributed by atoms with Crippen LogP contribution in [0.3, 0.4) is 0 Å². The van der Waals surface area contributed by atoms with E-state index in [-0.39, 0.29) is 18.1 Å². The minimum atomic E-state index is -3.42. The normalized spacial score (nSPS) is 12.0. The van der Waals surface area contributed by atoms with E-state index in [1.54, 1.807) is 60.9 Å². The molecule has 208 valence electrons. The van der Waals surface area contributed by atoms with Gasteiger partial charge in [-0.2, -0.15) is 0 Å². The quantitative estimate of drug-likeness (QED) is 0.268. The van der Waals surface area contributed by atoms with Gasteiger partial charge in [0.15, 0.2) is 15.9 Å². The highest BCUT2D eigenvalue weighted by atomic mass is 32.2. The van der Waals surface area contributed by atoms with Crippen LogP contribution in [0.4, 0.5) is 9.18 Å². The van der Waals surface area contributed by atoms with E-state index in [0.29, 0.717) is 28.2 Å². The summed E-state index contributed by atoms with van der Waals surface area (Å²) in [5.74, 6) is -1.16. The van der Waals surface area contributed by atoms with Gasteiger partial charge < -0.3 is 19.4 Å². The van der Waals surface area contributed by atoms with Crippen LogP contribution >= 0.6 is 0 Å². The van der Waals surface area contributed by atoms with E-state index < -0.39 is 33.8 Å². The maximum absolute atomic E-state index is 14.3. The number of alkyl carbamates (subject to hydrolysis) is 1. The first-order chi connectivity index (χ1) is 19.1. The van der Waals surface area contributed by atoms with Gasteiger partial charge in [0.1, 0.15) is 12.4 Å². The zero-order chi connectivity index (χ0) is 28.9. The van der Waals surface area contributed by atoms with E-state index in [1.165, 1.54) is 24.3 Å². The van der Waals surface area contributed by atoms with Gasteiger partial charge in [-0.1, -0.05) is 48.5 Å². The first-order valence-electron chi connectivity index (χ1n) is 12.5. The summed E-state index contributed by atoms with van der Waals surface area (Å²) in [5.41, 5.74) is 3.35. The number of hydrogen-bond acceptors (Lipinski definition) is 6. The van der Waals surface area contributed by atoms with Crippen LogP contribution in [0, 0.1) is 12.7 Å². The molecule has 0 radical (unpaired) electrons. The standard InChI is InChI=1S/C30H29FN2O6S/c1-4-38-29(34)28(32-30(35)39-19-21-9-6-5-7-10-21)26-18-27(22-13-15-25(16-14-22)40(3,36)37)33(20(26)2)24-12-8-11-23(31)17-24/h5-18,28H,4,19H2,1-3H3,(H,32,35). The van der Waals surface area contributed by atoms with Crippen LogP contribution in [-0.4, -0.2) is 37.9 Å². The molecule has 0 spiro atoms. The van der Waals surface area contributed by atoms with Crippen molar-refractivity contribution in [3.05, 3.63) is 108 Å². The summed E-state index contributed by atoms with van der Waals surface area (Å²) in [6, 6.07) is 21.7. The zero-order valence-electron chi connectivity index (χ0n) is 22.3. The molecule has 40 heavy (non-hydrogen) atoms. The lowest BCUT2D eigenvalue weighted by atomic mass is 10.1. The summed E-state index contributed by atoms with van der Waals surface area (Å²) in [6.45, 7) is 3.48. The number of hydrogen-bond donors (Lipinski definition) is 1. The van der Waals surface area contributed by atoms with Gasteiger partial charge in [-0.25, -0.2) is 22.4 Å². The molecule has 0 saturated carbocycles. The van der Waals surface area contributed by atoms with Gasteiger partial charge in [-0.05, 0) is 61.4 Å². The third-order valence-electron chi connectivity index (χ3n) is 6.24. The Labute approximate surface area is 232 Å². The number of carbonyl (C=O) groups excluding carboxylic acids is 2. The predicted molar refractivity (Wildman–Crippen MR) is 148 cm³/mol. The van der Waals surface area contributed by atoms with Gasteiger partial charge in [0.05, 0.1) is 17.2 Å². The van der Waals surface area contributed by atoms with Gasteiger partial charge >= 0.3 is 12.1 Å². The van der Waals surface area contributed by atoms with Crippen LogP contribution in [0.25, 0.3) is 16.9 Å². The summed E-state index contributed by atoms with van der Waals surface area (Å²) >= 11 is 0. The Morgan fingerprint density at radius 2 is 1.65 bits per heavy atom. The summed E-state index contributed by atoms with van der Waals surface area (Å²) in [6.07, 6.45) is 0.297. The monoisotopic (exact) mass is 564 g/mol. The third-order valence-corrected chi connectivity index (χ3v) is 7.37. The minimum Gasteiger partial charge on any atom is -0.464 e. The second-order valence-corrected chi connectivity index (χ2v) is 11.1. The third kappa shape index (κ3) is 6.58. The van der Waals surface area contributed by atoms with Crippen molar-refractivity contribution >= 4 is 21.9 Å². The van der Waals surface area contributed by atoms with E-state index in [2.05, 4.69) is 5.32 Å². The molecule has 1 unspecified atom stereocenters. The number of rotatable bonds is 9. The number of benzene rings is 3. The molecule has 1 heterocycles. The molecule has 0 aliphatic carbocycles. The van der Waals surface area contributed by atoms with Gasteiger partial charge in [-0.3, -0.25) is 0 Å². The SMILES string of the molecule is CCOC(=O)C(NC(=O)OCc1ccccc1)c1cc(-c2ccc(S(C)(=O)=O)cc2)n(-c2cccc(F)c2)c1C. The number of ether oxygens (including phenoxy) is 2. The number of carbonyl (C=O) groups is 2. The van der Waals surface area contributed by atoms with E-state index in [4.69, 9.17) is 9.47 Å². The highest BCUT2D eigenvalue weighted by molar-refractivity contribution is 7.90. The minimum absolute atomic E-state index is 0.00341. The van der Waals surface area contributed by atoms with Crippen LogP contribution in [0.2, 0.25) is 0 Å². The average Bonchev–Trinajstić information content (AvgIpc) is 3.27. The van der Waals surface area contributed by atoms with Crippen LogP contribution in [-0.2, 0) is 30.7 Å². The number of esters is 1. The smallest absolute Gasteiger partial charge is 0.408 e. The Morgan fingerprint density at radius 1 is 0.950 bits per heavy atom. The molecule has 4 rings (SSSR count). The highest BCUT2D eigenvalue weighted by Gasteiger charge is 2.30. The molecule has 0 aliphatic rings. The van der Waals surface area contributed by atoms with Gasteiger partial charge in [0.25, 0.3) is 0 Å². The second kappa shape index (κ2) is 12.2. The highest BCUT2D eigenvalue weighted by Crippen LogP contribution is 2.34. The Bertz CT molecular complexity index is 1620. The summed E-state index contributed by atoms with van der Waals surface area (Å²) in [7, 11) is -3.42. The first-order valence-corrected chi connectivity index (χ1v) is 14.4. The first kappa shape index (κ1) is 28.6.